The van der Waals surface area contributed by atoms with Gasteiger partial charge in [-0.2, -0.15) is 12.6 Å². The first-order chi connectivity index (χ1) is 6.70. The Hall–Kier alpha value is -1.42. The van der Waals surface area contributed by atoms with Crippen molar-refractivity contribution in [2.75, 3.05) is 0 Å². The van der Waals surface area contributed by atoms with Gasteiger partial charge in [0.25, 0.3) is 0 Å². The van der Waals surface area contributed by atoms with Crippen LogP contribution in [-0.4, -0.2) is 16.1 Å². The molecule has 4 heteroatoms. The molecule has 0 aliphatic heterocycles. The first kappa shape index (κ1) is 9.15. The van der Waals surface area contributed by atoms with E-state index in [4.69, 9.17) is 5.11 Å². The Labute approximate surface area is 86.2 Å². The molecule has 1 aromatic heterocycles. The maximum Gasteiger partial charge on any atom is 0.320 e. The van der Waals surface area contributed by atoms with E-state index in [1.807, 2.05) is 24.3 Å². The fraction of sp³-hybridized carbons (Fsp3) is 0.100. The molecule has 2 rings (SSSR count). The van der Waals surface area contributed by atoms with E-state index in [0.29, 0.717) is 5.56 Å². The number of thiol groups is 1. The van der Waals surface area contributed by atoms with E-state index in [1.165, 1.54) is 0 Å². The van der Waals surface area contributed by atoms with Crippen LogP contribution in [0.4, 0.5) is 0 Å². The summed E-state index contributed by atoms with van der Waals surface area (Å²) in [5.74, 6) is -0.932. The number of benzene rings is 1. The predicted molar refractivity (Wildman–Crippen MR) is 57.7 cm³/mol. The van der Waals surface area contributed by atoms with Gasteiger partial charge >= 0.3 is 5.97 Å². The zero-order valence-corrected chi connectivity index (χ0v) is 8.16. The maximum absolute atomic E-state index is 10.8. The zero-order chi connectivity index (χ0) is 10.1. The fourth-order valence-electron chi connectivity index (χ4n) is 1.45. The standard InChI is InChI=1S/C10H9NO2S/c12-10(13)9(14)7-5-11-8-4-2-1-3-6(7)8/h1-5,9,11,14H,(H,12,13). The molecule has 0 spiro atoms. The second-order valence-corrected chi connectivity index (χ2v) is 3.55. The highest BCUT2D eigenvalue weighted by Gasteiger charge is 2.17. The van der Waals surface area contributed by atoms with Gasteiger partial charge in [0, 0.05) is 22.7 Å². The molecule has 0 saturated carbocycles. The van der Waals surface area contributed by atoms with Crippen LogP contribution >= 0.6 is 12.6 Å². The van der Waals surface area contributed by atoms with Crippen molar-refractivity contribution >= 4 is 29.5 Å². The average Bonchev–Trinajstić information content (AvgIpc) is 2.60. The quantitative estimate of drug-likeness (QED) is 0.661. The Morgan fingerprint density at radius 1 is 1.43 bits per heavy atom. The van der Waals surface area contributed by atoms with E-state index in [0.717, 1.165) is 10.9 Å². The predicted octanol–water partition coefficient (Wildman–Crippen LogP) is 2.22. The lowest BCUT2D eigenvalue weighted by molar-refractivity contribution is -0.136. The summed E-state index contributed by atoms with van der Waals surface area (Å²) in [4.78, 5) is 13.8. The molecule has 0 radical (unpaired) electrons. The Morgan fingerprint density at radius 3 is 2.86 bits per heavy atom. The average molecular weight is 207 g/mol. The van der Waals surface area contributed by atoms with Gasteiger partial charge in [0.2, 0.25) is 0 Å². The second-order valence-electron chi connectivity index (χ2n) is 3.03. The number of rotatable bonds is 2. The lowest BCUT2D eigenvalue weighted by Gasteiger charge is -2.02. The lowest BCUT2D eigenvalue weighted by Crippen LogP contribution is -2.03. The first-order valence-electron chi connectivity index (χ1n) is 4.17. The molecule has 0 bridgehead atoms. The Morgan fingerprint density at radius 2 is 2.14 bits per heavy atom. The smallest absolute Gasteiger partial charge is 0.320 e. The summed E-state index contributed by atoms with van der Waals surface area (Å²) in [6.07, 6.45) is 1.69. The molecule has 3 nitrogen and oxygen atoms in total. The molecule has 0 aliphatic carbocycles. The number of H-pyrrole nitrogens is 1. The van der Waals surface area contributed by atoms with Crippen LogP contribution in [0.5, 0.6) is 0 Å². The molecule has 0 fully saturated rings. The highest BCUT2D eigenvalue weighted by Crippen LogP contribution is 2.27. The van der Waals surface area contributed by atoms with Crippen LogP contribution in [0.2, 0.25) is 0 Å². The summed E-state index contributed by atoms with van der Waals surface area (Å²) in [6, 6.07) is 7.56. The van der Waals surface area contributed by atoms with E-state index in [2.05, 4.69) is 17.6 Å². The fourth-order valence-corrected chi connectivity index (χ4v) is 1.67. The van der Waals surface area contributed by atoms with Crippen LogP contribution in [0.1, 0.15) is 10.8 Å². The number of carboxylic acids is 1. The molecule has 0 saturated heterocycles. The van der Waals surface area contributed by atoms with Gasteiger partial charge in [-0.1, -0.05) is 18.2 Å². The topological polar surface area (TPSA) is 53.1 Å². The number of hydrogen-bond acceptors (Lipinski definition) is 2. The third-order valence-electron chi connectivity index (χ3n) is 2.15. The van der Waals surface area contributed by atoms with E-state index in [-0.39, 0.29) is 0 Å². The van der Waals surface area contributed by atoms with Gasteiger partial charge in [0.15, 0.2) is 0 Å². The molecule has 1 unspecified atom stereocenters. The number of para-hydroxylation sites is 1. The highest BCUT2D eigenvalue weighted by molar-refractivity contribution is 7.81. The van der Waals surface area contributed by atoms with E-state index in [9.17, 15) is 4.79 Å². The van der Waals surface area contributed by atoms with Gasteiger partial charge in [-0.15, -0.1) is 0 Å². The van der Waals surface area contributed by atoms with Gasteiger partial charge in [0.05, 0.1) is 0 Å². The number of hydrogen-bond donors (Lipinski definition) is 3. The van der Waals surface area contributed by atoms with Crippen molar-refractivity contribution in [2.24, 2.45) is 0 Å². The van der Waals surface area contributed by atoms with Crippen LogP contribution in [-0.2, 0) is 4.79 Å². The minimum absolute atomic E-state index is 0.705. The normalized spacial score (nSPS) is 12.9. The van der Waals surface area contributed by atoms with Crippen molar-refractivity contribution < 1.29 is 9.90 Å². The molecule has 1 atom stereocenters. The number of fused-ring (bicyclic) bond motifs is 1. The molecule has 1 aromatic carbocycles. The summed E-state index contributed by atoms with van der Waals surface area (Å²) < 4.78 is 0. The highest BCUT2D eigenvalue weighted by atomic mass is 32.1. The zero-order valence-electron chi connectivity index (χ0n) is 7.27. The third-order valence-corrected chi connectivity index (χ3v) is 2.65. The van der Waals surface area contributed by atoms with Crippen molar-refractivity contribution in [3.63, 3.8) is 0 Å². The summed E-state index contributed by atoms with van der Waals surface area (Å²) in [5.41, 5.74) is 1.64. The van der Waals surface area contributed by atoms with Gasteiger partial charge in [-0.05, 0) is 6.07 Å². The van der Waals surface area contributed by atoms with Crippen molar-refractivity contribution in [3.05, 3.63) is 36.0 Å². The van der Waals surface area contributed by atoms with Crippen LogP contribution in [0, 0.1) is 0 Å². The van der Waals surface area contributed by atoms with E-state index >= 15 is 0 Å². The molecule has 2 aromatic rings. The van der Waals surface area contributed by atoms with Crippen LogP contribution in [0.25, 0.3) is 10.9 Å². The van der Waals surface area contributed by atoms with Crippen molar-refractivity contribution in [1.82, 2.24) is 4.98 Å². The third kappa shape index (κ3) is 1.37. The molecule has 0 amide bonds. The molecular weight excluding hydrogens is 198 g/mol. The van der Waals surface area contributed by atoms with Crippen LogP contribution in [0.15, 0.2) is 30.5 Å². The maximum atomic E-state index is 10.8. The SMILES string of the molecule is O=C(O)C(S)c1c[nH]c2ccccc12. The lowest BCUT2D eigenvalue weighted by atomic mass is 10.1. The summed E-state index contributed by atoms with van der Waals surface area (Å²) in [7, 11) is 0. The Kier molecular flexibility index (Phi) is 2.21. The second kappa shape index (κ2) is 3.38. The van der Waals surface area contributed by atoms with Gasteiger partial charge in [0.1, 0.15) is 5.25 Å². The molecule has 14 heavy (non-hydrogen) atoms. The number of carbonyl (C=O) groups is 1. The summed E-state index contributed by atoms with van der Waals surface area (Å²) in [5, 5.41) is 8.96. The number of carboxylic acid groups (broad SMARTS) is 1. The molecule has 2 N–H and O–H groups in total. The van der Waals surface area contributed by atoms with Crippen LogP contribution < -0.4 is 0 Å². The van der Waals surface area contributed by atoms with Gasteiger partial charge in [-0.25, -0.2) is 0 Å². The minimum Gasteiger partial charge on any atom is -0.480 e. The molecule has 1 heterocycles. The summed E-state index contributed by atoms with van der Waals surface area (Å²) >= 11 is 4.04. The van der Waals surface area contributed by atoms with Gasteiger partial charge < -0.3 is 10.1 Å². The Balaban J connectivity index is 2.58. The molecular formula is C10H9NO2S. The number of nitrogens with one attached hydrogen (secondary N) is 1. The monoisotopic (exact) mass is 207 g/mol. The number of aromatic amines is 1. The Bertz CT molecular complexity index is 478. The van der Waals surface area contributed by atoms with E-state index in [1.54, 1.807) is 6.20 Å². The summed E-state index contributed by atoms with van der Waals surface area (Å²) in [6.45, 7) is 0. The first-order valence-corrected chi connectivity index (χ1v) is 4.68. The number of aromatic nitrogens is 1. The van der Waals surface area contributed by atoms with Gasteiger partial charge in [-0.3, -0.25) is 4.79 Å². The molecule has 0 aliphatic rings. The number of aliphatic carboxylic acids is 1. The van der Waals surface area contributed by atoms with Crippen molar-refractivity contribution in [3.8, 4) is 0 Å². The van der Waals surface area contributed by atoms with Crippen molar-refractivity contribution in [2.45, 2.75) is 5.25 Å². The molecule has 72 valence electrons. The minimum atomic E-state index is -0.932. The van der Waals surface area contributed by atoms with Crippen LogP contribution in [0.3, 0.4) is 0 Å². The largest absolute Gasteiger partial charge is 0.480 e. The van der Waals surface area contributed by atoms with Crippen molar-refractivity contribution in [1.29, 1.82) is 0 Å². The van der Waals surface area contributed by atoms with E-state index < -0.39 is 11.2 Å².